The second-order valence-corrected chi connectivity index (χ2v) is 8.21. The summed E-state index contributed by atoms with van der Waals surface area (Å²) in [4.78, 5) is 0. The van der Waals surface area contributed by atoms with Crippen molar-refractivity contribution < 1.29 is 9.84 Å². The van der Waals surface area contributed by atoms with Gasteiger partial charge in [0.1, 0.15) is 17.2 Å². The minimum absolute atomic E-state index is 0.252. The van der Waals surface area contributed by atoms with Gasteiger partial charge in [0.25, 0.3) is 0 Å². The molecule has 0 fully saturated rings. The average molecular weight is 467 g/mol. The van der Waals surface area contributed by atoms with Gasteiger partial charge in [-0.25, -0.2) is 0 Å². The third kappa shape index (κ3) is 3.80. The fourth-order valence-electron chi connectivity index (χ4n) is 3.87. The molecule has 0 spiro atoms. The van der Waals surface area contributed by atoms with Gasteiger partial charge in [0.15, 0.2) is 0 Å². The molecule has 2 nitrogen and oxygen atoms in total. The molecule has 0 amide bonds. The summed E-state index contributed by atoms with van der Waals surface area (Å²) in [6.07, 6.45) is 0. The number of rotatable bonds is 4. The Balaban J connectivity index is 1.77. The van der Waals surface area contributed by atoms with Crippen LogP contribution in [-0.2, 0) is 0 Å². The van der Waals surface area contributed by atoms with Crippen LogP contribution < -0.4 is 4.74 Å². The highest BCUT2D eigenvalue weighted by atomic mass is 79.9. The summed E-state index contributed by atoms with van der Waals surface area (Å²) in [7, 11) is 0. The van der Waals surface area contributed by atoms with Crippen LogP contribution in [0.2, 0.25) is 0 Å². The molecule has 150 valence electrons. The average Bonchev–Trinajstić information content (AvgIpc) is 2.81. The van der Waals surface area contributed by atoms with Gasteiger partial charge in [0, 0.05) is 20.8 Å². The first-order valence-electron chi connectivity index (χ1n) is 10.0. The van der Waals surface area contributed by atoms with Crippen LogP contribution >= 0.6 is 15.9 Å². The predicted octanol–water partition coefficient (Wildman–Crippen LogP) is 8.43. The topological polar surface area (TPSA) is 29.5 Å². The summed E-state index contributed by atoms with van der Waals surface area (Å²) < 4.78 is 7.17. The van der Waals surface area contributed by atoms with Gasteiger partial charge >= 0.3 is 0 Å². The van der Waals surface area contributed by atoms with Gasteiger partial charge in [-0.3, -0.25) is 0 Å². The van der Waals surface area contributed by atoms with Gasteiger partial charge in [-0.05, 0) is 47.0 Å². The summed E-state index contributed by atoms with van der Waals surface area (Å²) in [5.41, 5.74) is 3.79. The molecule has 0 unspecified atom stereocenters. The molecule has 5 aromatic rings. The van der Waals surface area contributed by atoms with Crippen LogP contribution in [0.5, 0.6) is 17.2 Å². The smallest absolute Gasteiger partial charge is 0.135 e. The lowest BCUT2D eigenvalue weighted by molar-refractivity contribution is 0.480. The lowest BCUT2D eigenvalue weighted by Crippen LogP contribution is -1.91. The van der Waals surface area contributed by atoms with Crippen molar-refractivity contribution in [1.29, 1.82) is 0 Å². The number of fused-ring (bicyclic) bond motifs is 1. The third-order valence-corrected chi connectivity index (χ3v) is 5.78. The van der Waals surface area contributed by atoms with E-state index in [0.717, 1.165) is 43.2 Å². The van der Waals surface area contributed by atoms with E-state index in [1.807, 2.05) is 91.0 Å². The summed E-state index contributed by atoms with van der Waals surface area (Å²) in [5.74, 6) is 1.68. The van der Waals surface area contributed by atoms with Crippen molar-refractivity contribution in [3.05, 3.63) is 114 Å². The molecule has 0 aromatic heterocycles. The normalized spacial score (nSPS) is 10.9. The van der Waals surface area contributed by atoms with Gasteiger partial charge < -0.3 is 9.84 Å². The summed E-state index contributed by atoms with van der Waals surface area (Å²) >= 11 is 3.49. The van der Waals surface area contributed by atoms with Crippen molar-refractivity contribution in [3.8, 4) is 39.5 Å². The first-order chi connectivity index (χ1) is 15.2. The Morgan fingerprint density at radius 3 is 2.00 bits per heavy atom. The van der Waals surface area contributed by atoms with Crippen LogP contribution in [-0.4, -0.2) is 5.11 Å². The number of benzene rings is 5. The minimum atomic E-state index is 0.252. The maximum Gasteiger partial charge on any atom is 0.135 e. The van der Waals surface area contributed by atoms with Crippen molar-refractivity contribution in [3.63, 3.8) is 0 Å². The molecular formula is C28H19BrO2. The Hall–Kier alpha value is -3.56. The molecule has 0 radical (unpaired) electrons. The van der Waals surface area contributed by atoms with E-state index in [1.54, 1.807) is 0 Å². The maximum atomic E-state index is 11.4. The lowest BCUT2D eigenvalue weighted by Gasteiger charge is -2.17. The second-order valence-electron chi connectivity index (χ2n) is 7.29. The van der Waals surface area contributed by atoms with E-state index in [9.17, 15) is 5.11 Å². The number of phenolic OH excluding ortho intramolecular Hbond substituents is 1. The van der Waals surface area contributed by atoms with Crippen LogP contribution in [0, 0.1) is 0 Å². The molecule has 0 aliphatic heterocycles. The van der Waals surface area contributed by atoms with Crippen molar-refractivity contribution in [2.75, 3.05) is 0 Å². The highest BCUT2D eigenvalue weighted by Gasteiger charge is 2.18. The molecule has 5 aromatic carbocycles. The molecule has 3 heteroatoms. The van der Waals surface area contributed by atoms with Crippen LogP contribution in [0.4, 0.5) is 0 Å². The van der Waals surface area contributed by atoms with E-state index < -0.39 is 0 Å². The number of halogens is 1. The molecule has 5 rings (SSSR count). The largest absolute Gasteiger partial charge is 0.507 e. The van der Waals surface area contributed by atoms with E-state index in [2.05, 4.69) is 34.1 Å². The molecule has 0 aliphatic rings. The predicted molar refractivity (Wildman–Crippen MR) is 131 cm³/mol. The monoisotopic (exact) mass is 466 g/mol. The van der Waals surface area contributed by atoms with Gasteiger partial charge in [0.05, 0.1) is 0 Å². The number of hydrogen-bond donors (Lipinski definition) is 1. The Kier molecular flexibility index (Phi) is 5.19. The van der Waals surface area contributed by atoms with Crippen molar-refractivity contribution in [2.24, 2.45) is 0 Å². The van der Waals surface area contributed by atoms with Crippen molar-refractivity contribution in [2.45, 2.75) is 0 Å². The standard InChI is InChI=1S/C28H19BrO2/c29-21-13-7-14-22(17-21)31-26-16-8-15-23-25(26)18-24(19-9-3-1-4-10-19)27(28(23)30)20-11-5-2-6-12-20/h1-18,30H. The fourth-order valence-corrected chi connectivity index (χ4v) is 4.25. The van der Waals surface area contributed by atoms with E-state index >= 15 is 0 Å². The van der Waals surface area contributed by atoms with Crippen LogP contribution in [0.3, 0.4) is 0 Å². The molecule has 31 heavy (non-hydrogen) atoms. The highest BCUT2D eigenvalue weighted by Crippen LogP contribution is 2.46. The quantitative estimate of drug-likeness (QED) is 0.287. The fraction of sp³-hybridized carbons (Fsp3) is 0. The van der Waals surface area contributed by atoms with Crippen molar-refractivity contribution in [1.82, 2.24) is 0 Å². The third-order valence-electron chi connectivity index (χ3n) is 5.29. The number of phenols is 1. The zero-order valence-corrected chi connectivity index (χ0v) is 18.2. The highest BCUT2D eigenvalue weighted by molar-refractivity contribution is 9.10. The Labute approximate surface area is 189 Å². The molecule has 1 N–H and O–H groups in total. The van der Waals surface area contributed by atoms with Gasteiger partial charge in [-0.15, -0.1) is 0 Å². The molecule has 0 heterocycles. The van der Waals surface area contributed by atoms with E-state index in [-0.39, 0.29) is 5.75 Å². The Bertz CT molecular complexity index is 1360. The van der Waals surface area contributed by atoms with E-state index in [1.165, 1.54) is 0 Å². The number of ether oxygens (including phenoxy) is 1. The Morgan fingerprint density at radius 2 is 1.29 bits per heavy atom. The lowest BCUT2D eigenvalue weighted by atomic mass is 9.90. The molecule has 0 bridgehead atoms. The zero-order valence-electron chi connectivity index (χ0n) is 16.6. The SMILES string of the molecule is Oc1c(-c2ccccc2)c(-c2ccccc2)cc2c(Oc3cccc(Br)c3)cccc12. The number of hydrogen-bond acceptors (Lipinski definition) is 2. The molecule has 0 aliphatic carbocycles. The summed E-state index contributed by atoms with van der Waals surface area (Å²) in [6, 6.07) is 35.8. The van der Waals surface area contributed by atoms with E-state index in [0.29, 0.717) is 5.75 Å². The zero-order chi connectivity index (χ0) is 21.2. The molecule has 0 atom stereocenters. The minimum Gasteiger partial charge on any atom is -0.507 e. The van der Waals surface area contributed by atoms with Crippen molar-refractivity contribution >= 4 is 26.7 Å². The number of aromatic hydroxyl groups is 1. The van der Waals surface area contributed by atoms with Crippen LogP contribution in [0.25, 0.3) is 33.0 Å². The van der Waals surface area contributed by atoms with Crippen LogP contribution in [0.15, 0.2) is 114 Å². The first kappa shape index (κ1) is 19.4. The Morgan fingerprint density at radius 1 is 0.613 bits per heavy atom. The molecule has 0 saturated heterocycles. The summed E-state index contributed by atoms with van der Waals surface area (Å²) in [6.45, 7) is 0. The second kappa shape index (κ2) is 8.29. The van der Waals surface area contributed by atoms with Gasteiger partial charge in [-0.2, -0.15) is 0 Å². The maximum absolute atomic E-state index is 11.4. The summed E-state index contributed by atoms with van der Waals surface area (Å²) in [5, 5.41) is 13.0. The molecule has 0 saturated carbocycles. The van der Waals surface area contributed by atoms with Crippen LogP contribution in [0.1, 0.15) is 0 Å². The van der Waals surface area contributed by atoms with Gasteiger partial charge in [0.2, 0.25) is 0 Å². The first-order valence-corrected chi connectivity index (χ1v) is 10.8. The van der Waals surface area contributed by atoms with E-state index in [4.69, 9.17) is 4.74 Å². The molecular weight excluding hydrogens is 448 g/mol. The van der Waals surface area contributed by atoms with Gasteiger partial charge in [-0.1, -0.05) is 94.8 Å².